The number of thiazole rings is 1. The summed E-state index contributed by atoms with van der Waals surface area (Å²) in [5.74, 6) is 0. The SMILES string of the molecule is CCNC(c1cc(Br)cs1)c1nc(CC)c(C)s1. The quantitative estimate of drug-likeness (QED) is 0.861. The van der Waals surface area contributed by atoms with Gasteiger partial charge < -0.3 is 5.32 Å². The van der Waals surface area contributed by atoms with Crippen molar-refractivity contribution in [3.8, 4) is 0 Å². The third-order valence-corrected chi connectivity index (χ3v) is 5.61. The lowest BCUT2D eigenvalue weighted by Crippen LogP contribution is -2.20. The standard InChI is InChI=1S/C13H17BrN2S2/c1-4-10-8(3)18-13(16-10)12(15-5-2)11-6-9(14)7-17-11/h6-7,12,15H,4-5H2,1-3H3. The van der Waals surface area contributed by atoms with Gasteiger partial charge in [-0.05, 0) is 41.9 Å². The molecule has 0 aliphatic heterocycles. The predicted molar refractivity (Wildman–Crippen MR) is 83.8 cm³/mol. The fourth-order valence-electron chi connectivity index (χ4n) is 1.90. The molecule has 0 radical (unpaired) electrons. The van der Waals surface area contributed by atoms with Crippen molar-refractivity contribution in [2.45, 2.75) is 33.2 Å². The number of halogens is 1. The van der Waals surface area contributed by atoms with E-state index in [1.807, 2.05) is 11.3 Å². The minimum absolute atomic E-state index is 0.232. The van der Waals surface area contributed by atoms with Gasteiger partial charge in [-0.25, -0.2) is 4.98 Å². The second kappa shape index (κ2) is 6.28. The number of aromatic nitrogens is 1. The molecule has 2 aromatic rings. The topological polar surface area (TPSA) is 24.9 Å². The Balaban J connectivity index is 2.34. The molecule has 18 heavy (non-hydrogen) atoms. The molecular weight excluding hydrogens is 328 g/mol. The van der Waals surface area contributed by atoms with Crippen LogP contribution in [0.15, 0.2) is 15.9 Å². The van der Waals surface area contributed by atoms with Crippen molar-refractivity contribution in [1.29, 1.82) is 0 Å². The van der Waals surface area contributed by atoms with E-state index in [0.717, 1.165) is 17.4 Å². The van der Waals surface area contributed by atoms with Crippen LogP contribution in [0.2, 0.25) is 0 Å². The molecule has 0 fully saturated rings. The fourth-order valence-corrected chi connectivity index (χ4v) is 4.60. The first-order valence-electron chi connectivity index (χ1n) is 6.09. The first-order valence-corrected chi connectivity index (χ1v) is 8.58. The van der Waals surface area contributed by atoms with Crippen LogP contribution in [0.25, 0.3) is 0 Å². The highest BCUT2D eigenvalue weighted by Crippen LogP contribution is 2.33. The van der Waals surface area contributed by atoms with Crippen LogP contribution in [0, 0.1) is 6.92 Å². The summed E-state index contributed by atoms with van der Waals surface area (Å²) in [6.45, 7) is 7.40. The predicted octanol–water partition coefficient (Wildman–Crippen LogP) is 4.54. The van der Waals surface area contributed by atoms with E-state index in [0.29, 0.717) is 0 Å². The molecule has 2 nitrogen and oxygen atoms in total. The highest BCUT2D eigenvalue weighted by atomic mass is 79.9. The first kappa shape index (κ1) is 14.2. The molecule has 2 heterocycles. The summed E-state index contributed by atoms with van der Waals surface area (Å²) in [5, 5.41) is 6.84. The first-order chi connectivity index (χ1) is 8.65. The Morgan fingerprint density at radius 1 is 1.44 bits per heavy atom. The van der Waals surface area contributed by atoms with Gasteiger partial charge in [-0.2, -0.15) is 0 Å². The molecule has 0 saturated carbocycles. The monoisotopic (exact) mass is 344 g/mol. The van der Waals surface area contributed by atoms with Crippen molar-refractivity contribution in [1.82, 2.24) is 10.3 Å². The molecule has 0 aromatic carbocycles. The summed E-state index contributed by atoms with van der Waals surface area (Å²) in [4.78, 5) is 7.44. The molecule has 0 bridgehead atoms. The third-order valence-electron chi connectivity index (χ3n) is 2.77. The molecule has 5 heteroatoms. The third kappa shape index (κ3) is 3.02. The summed E-state index contributed by atoms with van der Waals surface area (Å²) in [7, 11) is 0. The van der Waals surface area contributed by atoms with Gasteiger partial charge in [0.2, 0.25) is 0 Å². The lowest BCUT2D eigenvalue weighted by Gasteiger charge is -2.13. The van der Waals surface area contributed by atoms with E-state index in [4.69, 9.17) is 4.98 Å². The molecule has 0 saturated heterocycles. The van der Waals surface area contributed by atoms with E-state index >= 15 is 0 Å². The average molecular weight is 345 g/mol. The second-order valence-corrected chi connectivity index (χ2v) is 7.16. The number of hydrogen-bond donors (Lipinski definition) is 1. The zero-order chi connectivity index (χ0) is 13.1. The molecule has 0 spiro atoms. The van der Waals surface area contributed by atoms with Crippen molar-refractivity contribution in [3.63, 3.8) is 0 Å². The van der Waals surface area contributed by atoms with Crippen LogP contribution in [0.5, 0.6) is 0 Å². The molecule has 2 rings (SSSR count). The Morgan fingerprint density at radius 2 is 2.22 bits per heavy atom. The van der Waals surface area contributed by atoms with Gasteiger partial charge >= 0.3 is 0 Å². The van der Waals surface area contributed by atoms with Gasteiger partial charge in [0.1, 0.15) is 5.01 Å². The number of nitrogens with zero attached hydrogens (tertiary/aromatic N) is 1. The maximum Gasteiger partial charge on any atom is 0.115 e. The van der Waals surface area contributed by atoms with E-state index in [1.165, 1.54) is 20.5 Å². The van der Waals surface area contributed by atoms with Gasteiger partial charge in [0, 0.05) is 19.6 Å². The Hall–Kier alpha value is -0.230. The number of rotatable bonds is 5. The maximum absolute atomic E-state index is 4.78. The Kier molecular flexibility index (Phi) is 4.95. The molecule has 1 atom stereocenters. The summed E-state index contributed by atoms with van der Waals surface area (Å²) >= 11 is 7.10. The minimum Gasteiger partial charge on any atom is -0.304 e. The molecule has 1 N–H and O–H groups in total. The smallest absolute Gasteiger partial charge is 0.115 e. The molecule has 0 aliphatic carbocycles. The highest BCUT2D eigenvalue weighted by molar-refractivity contribution is 9.10. The average Bonchev–Trinajstić information content (AvgIpc) is 2.92. The molecule has 0 amide bonds. The zero-order valence-electron chi connectivity index (χ0n) is 10.8. The van der Waals surface area contributed by atoms with E-state index < -0.39 is 0 Å². The van der Waals surface area contributed by atoms with E-state index in [1.54, 1.807) is 11.3 Å². The largest absolute Gasteiger partial charge is 0.304 e. The van der Waals surface area contributed by atoms with Crippen LogP contribution >= 0.6 is 38.6 Å². The molecule has 0 aliphatic rings. The zero-order valence-corrected chi connectivity index (χ0v) is 14.0. The van der Waals surface area contributed by atoms with Crippen molar-refractivity contribution < 1.29 is 0 Å². The van der Waals surface area contributed by atoms with E-state index in [-0.39, 0.29) is 6.04 Å². The normalized spacial score (nSPS) is 12.9. The summed E-state index contributed by atoms with van der Waals surface area (Å²) in [6.07, 6.45) is 1.01. The van der Waals surface area contributed by atoms with Crippen molar-refractivity contribution in [2.75, 3.05) is 6.54 Å². The van der Waals surface area contributed by atoms with Crippen molar-refractivity contribution >= 4 is 38.6 Å². The van der Waals surface area contributed by atoms with Crippen LogP contribution in [-0.4, -0.2) is 11.5 Å². The molecule has 1 unspecified atom stereocenters. The van der Waals surface area contributed by atoms with Crippen molar-refractivity contribution in [2.24, 2.45) is 0 Å². The van der Waals surface area contributed by atoms with E-state index in [2.05, 4.69) is 53.5 Å². The van der Waals surface area contributed by atoms with Gasteiger partial charge in [-0.15, -0.1) is 22.7 Å². The van der Waals surface area contributed by atoms with Crippen LogP contribution in [0.3, 0.4) is 0 Å². The summed E-state index contributed by atoms with van der Waals surface area (Å²) in [6, 6.07) is 2.41. The second-order valence-electron chi connectivity index (χ2n) is 4.07. The van der Waals surface area contributed by atoms with Crippen LogP contribution in [0.1, 0.15) is 40.3 Å². The molecule has 98 valence electrons. The van der Waals surface area contributed by atoms with Crippen LogP contribution in [-0.2, 0) is 6.42 Å². The van der Waals surface area contributed by atoms with Gasteiger partial charge in [0.25, 0.3) is 0 Å². The van der Waals surface area contributed by atoms with Crippen LogP contribution < -0.4 is 5.32 Å². The van der Waals surface area contributed by atoms with Gasteiger partial charge in [-0.3, -0.25) is 0 Å². The van der Waals surface area contributed by atoms with Crippen molar-refractivity contribution in [3.05, 3.63) is 36.4 Å². The Bertz CT molecular complexity index is 519. The number of thiophene rings is 1. The van der Waals surface area contributed by atoms with E-state index in [9.17, 15) is 0 Å². The van der Waals surface area contributed by atoms with Gasteiger partial charge in [-0.1, -0.05) is 13.8 Å². The lowest BCUT2D eigenvalue weighted by molar-refractivity contribution is 0.634. The Labute approximate surface area is 125 Å². The summed E-state index contributed by atoms with van der Waals surface area (Å²) < 4.78 is 1.15. The fraction of sp³-hybridized carbons (Fsp3) is 0.462. The number of hydrogen-bond acceptors (Lipinski definition) is 4. The Morgan fingerprint density at radius 3 is 2.72 bits per heavy atom. The summed E-state index contributed by atoms with van der Waals surface area (Å²) in [5.41, 5.74) is 1.23. The van der Waals surface area contributed by atoms with Gasteiger partial charge in [0.15, 0.2) is 0 Å². The van der Waals surface area contributed by atoms with Crippen LogP contribution in [0.4, 0.5) is 0 Å². The minimum atomic E-state index is 0.232. The maximum atomic E-state index is 4.78. The van der Waals surface area contributed by atoms with Gasteiger partial charge in [0.05, 0.1) is 11.7 Å². The highest BCUT2D eigenvalue weighted by Gasteiger charge is 2.19. The molecule has 2 aromatic heterocycles. The number of aryl methyl sites for hydroxylation is 2. The molecular formula is C13H17BrN2S2. The lowest BCUT2D eigenvalue weighted by atomic mass is 10.2. The number of nitrogens with one attached hydrogen (secondary N) is 1.